The molecule has 124 valence electrons. The number of carbonyl (C=O) groups is 2. The molecule has 2 aromatic carbocycles. The van der Waals surface area contributed by atoms with Gasteiger partial charge in [-0.3, -0.25) is 9.59 Å². The molecule has 1 heterocycles. The molecule has 1 N–H and O–H groups in total. The lowest BCUT2D eigenvalue weighted by Crippen LogP contribution is -2.36. The SMILES string of the molecule is O=C(NCc1ccccc1Br)[C@@H]1CCN(c2ccc(F)cc2)C1=O. The number of benzene rings is 2. The third-order valence-corrected chi connectivity index (χ3v) is 4.84. The molecule has 2 aromatic rings. The first-order valence-electron chi connectivity index (χ1n) is 7.64. The van der Waals surface area contributed by atoms with E-state index in [-0.39, 0.29) is 17.6 Å². The molecule has 0 aromatic heterocycles. The lowest BCUT2D eigenvalue weighted by atomic mass is 10.1. The number of nitrogens with zero attached hydrogens (tertiary/aromatic N) is 1. The third-order valence-electron chi connectivity index (χ3n) is 4.07. The average Bonchev–Trinajstić information content (AvgIpc) is 2.96. The summed E-state index contributed by atoms with van der Waals surface area (Å²) in [4.78, 5) is 26.3. The normalized spacial score (nSPS) is 17.2. The van der Waals surface area contributed by atoms with E-state index < -0.39 is 5.92 Å². The van der Waals surface area contributed by atoms with Crippen molar-refractivity contribution in [3.8, 4) is 0 Å². The van der Waals surface area contributed by atoms with E-state index >= 15 is 0 Å². The van der Waals surface area contributed by atoms with Crippen LogP contribution in [-0.4, -0.2) is 18.4 Å². The molecule has 1 aliphatic heterocycles. The van der Waals surface area contributed by atoms with E-state index in [1.807, 2.05) is 24.3 Å². The van der Waals surface area contributed by atoms with Gasteiger partial charge in [0.15, 0.2) is 0 Å². The van der Waals surface area contributed by atoms with Crippen LogP contribution in [0.3, 0.4) is 0 Å². The maximum atomic E-state index is 13.0. The topological polar surface area (TPSA) is 49.4 Å². The van der Waals surface area contributed by atoms with Crippen LogP contribution in [0.15, 0.2) is 53.0 Å². The molecule has 0 bridgehead atoms. The lowest BCUT2D eigenvalue weighted by molar-refractivity contribution is -0.132. The smallest absolute Gasteiger partial charge is 0.239 e. The van der Waals surface area contributed by atoms with Crippen LogP contribution in [0.5, 0.6) is 0 Å². The average molecular weight is 391 g/mol. The van der Waals surface area contributed by atoms with Crippen LogP contribution in [0.25, 0.3) is 0 Å². The Morgan fingerprint density at radius 3 is 2.62 bits per heavy atom. The number of carbonyl (C=O) groups excluding carboxylic acids is 2. The maximum Gasteiger partial charge on any atom is 0.239 e. The van der Waals surface area contributed by atoms with Crippen molar-refractivity contribution in [2.75, 3.05) is 11.4 Å². The third kappa shape index (κ3) is 3.48. The molecule has 6 heteroatoms. The molecule has 0 saturated carbocycles. The number of nitrogens with one attached hydrogen (secondary N) is 1. The van der Waals surface area contributed by atoms with Crippen molar-refractivity contribution in [3.05, 3.63) is 64.4 Å². The minimum absolute atomic E-state index is 0.244. The lowest BCUT2D eigenvalue weighted by Gasteiger charge is -2.16. The molecule has 0 unspecified atom stereocenters. The van der Waals surface area contributed by atoms with Gasteiger partial charge >= 0.3 is 0 Å². The zero-order valence-corrected chi connectivity index (χ0v) is 14.4. The number of hydrogen-bond donors (Lipinski definition) is 1. The Kier molecular flexibility index (Phi) is 4.94. The fourth-order valence-corrected chi connectivity index (χ4v) is 3.17. The van der Waals surface area contributed by atoms with Crippen LogP contribution in [0.2, 0.25) is 0 Å². The van der Waals surface area contributed by atoms with Gasteiger partial charge in [0, 0.05) is 23.2 Å². The Labute approximate surface area is 147 Å². The molecule has 1 aliphatic rings. The van der Waals surface area contributed by atoms with Gasteiger partial charge in [0.1, 0.15) is 11.7 Å². The molecule has 2 amide bonds. The molecular formula is C18H16BrFN2O2. The highest BCUT2D eigenvalue weighted by molar-refractivity contribution is 9.10. The fourth-order valence-electron chi connectivity index (χ4n) is 2.75. The first-order chi connectivity index (χ1) is 11.6. The van der Waals surface area contributed by atoms with Gasteiger partial charge < -0.3 is 10.2 Å². The van der Waals surface area contributed by atoms with Crippen LogP contribution in [0.4, 0.5) is 10.1 Å². The number of hydrogen-bond acceptors (Lipinski definition) is 2. The quantitative estimate of drug-likeness (QED) is 0.814. The predicted octanol–water partition coefficient (Wildman–Crippen LogP) is 3.26. The van der Waals surface area contributed by atoms with E-state index in [2.05, 4.69) is 21.2 Å². The molecule has 3 rings (SSSR count). The van der Waals surface area contributed by atoms with Crippen molar-refractivity contribution >= 4 is 33.4 Å². The van der Waals surface area contributed by atoms with Crippen LogP contribution < -0.4 is 10.2 Å². The summed E-state index contributed by atoms with van der Waals surface area (Å²) in [7, 11) is 0. The monoisotopic (exact) mass is 390 g/mol. The second-order valence-electron chi connectivity index (χ2n) is 5.62. The summed E-state index contributed by atoms with van der Waals surface area (Å²) in [6.07, 6.45) is 0.456. The van der Waals surface area contributed by atoms with Crippen molar-refractivity contribution in [2.45, 2.75) is 13.0 Å². The molecule has 1 fully saturated rings. The van der Waals surface area contributed by atoms with Gasteiger partial charge in [-0.15, -0.1) is 0 Å². The molecule has 1 atom stereocenters. The van der Waals surface area contributed by atoms with Crippen molar-refractivity contribution in [2.24, 2.45) is 5.92 Å². The minimum Gasteiger partial charge on any atom is -0.351 e. The van der Waals surface area contributed by atoms with E-state index in [0.29, 0.717) is 25.2 Å². The Balaban J connectivity index is 1.63. The van der Waals surface area contributed by atoms with Gasteiger partial charge in [-0.05, 0) is 42.3 Å². The summed E-state index contributed by atoms with van der Waals surface area (Å²) in [6, 6.07) is 13.3. The Morgan fingerprint density at radius 2 is 1.92 bits per heavy atom. The van der Waals surface area contributed by atoms with Crippen LogP contribution in [0.1, 0.15) is 12.0 Å². The molecule has 4 nitrogen and oxygen atoms in total. The highest BCUT2D eigenvalue weighted by Crippen LogP contribution is 2.25. The van der Waals surface area contributed by atoms with Gasteiger partial charge in [0.2, 0.25) is 11.8 Å². The fraction of sp³-hybridized carbons (Fsp3) is 0.222. The van der Waals surface area contributed by atoms with E-state index in [9.17, 15) is 14.0 Å². The molecule has 24 heavy (non-hydrogen) atoms. The Morgan fingerprint density at radius 1 is 1.21 bits per heavy atom. The first-order valence-corrected chi connectivity index (χ1v) is 8.43. The van der Waals surface area contributed by atoms with Crippen LogP contribution in [0, 0.1) is 11.7 Å². The number of amides is 2. The molecule has 1 saturated heterocycles. The molecular weight excluding hydrogens is 375 g/mol. The summed E-state index contributed by atoms with van der Waals surface area (Å²) < 4.78 is 13.9. The molecule has 0 radical (unpaired) electrons. The van der Waals surface area contributed by atoms with Crippen LogP contribution in [-0.2, 0) is 16.1 Å². The van der Waals surface area contributed by atoms with Crippen molar-refractivity contribution in [1.82, 2.24) is 5.32 Å². The predicted molar refractivity (Wildman–Crippen MR) is 92.8 cm³/mol. The number of rotatable bonds is 4. The Hall–Kier alpha value is -2.21. The second-order valence-corrected chi connectivity index (χ2v) is 6.47. The second kappa shape index (κ2) is 7.13. The van der Waals surface area contributed by atoms with E-state index in [1.165, 1.54) is 17.0 Å². The highest BCUT2D eigenvalue weighted by atomic mass is 79.9. The summed E-state index contributed by atoms with van der Waals surface area (Å²) in [5.74, 6) is -1.57. The van der Waals surface area contributed by atoms with E-state index in [0.717, 1.165) is 10.0 Å². The zero-order chi connectivity index (χ0) is 17.1. The maximum absolute atomic E-state index is 13.0. The van der Waals surface area contributed by atoms with Crippen molar-refractivity contribution in [1.29, 1.82) is 0 Å². The van der Waals surface area contributed by atoms with Gasteiger partial charge in [-0.25, -0.2) is 4.39 Å². The summed E-state index contributed by atoms with van der Waals surface area (Å²) in [5, 5.41) is 2.82. The molecule has 0 aliphatic carbocycles. The van der Waals surface area contributed by atoms with E-state index in [4.69, 9.17) is 0 Å². The number of anilines is 1. The van der Waals surface area contributed by atoms with Gasteiger partial charge in [-0.1, -0.05) is 34.1 Å². The first kappa shape index (κ1) is 16.6. The molecule has 0 spiro atoms. The van der Waals surface area contributed by atoms with Crippen molar-refractivity contribution < 1.29 is 14.0 Å². The highest BCUT2D eigenvalue weighted by Gasteiger charge is 2.37. The summed E-state index contributed by atoms with van der Waals surface area (Å²) in [5.41, 5.74) is 1.56. The summed E-state index contributed by atoms with van der Waals surface area (Å²) in [6.45, 7) is 0.818. The van der Waals surface area contributed by atoms with E-state index in [1.54, 1.807) is 12.1 Å². The van der Waals surface area contributed by atoms with Gasteiger partial charge in [-0.2, -0.15) is 0 Å². The minimum atomic E-state index is -0.697. The standard InChI is InChI=1S/C18H16BrFN2O2/c19-16-4-2-1-3-12(16)11-21-17(23)15-9-10-22(18(15)24)14-7-5-13(20)6-8-14/h1-8,15H,9-11H2,(H,21,23)/t15-/m0/s1. The summed E-state index contributed by atoms with van der Waals surface area (Å²) >= 11 is 3.43. The van der Waals surface area contributed by atoms with Crippen molar-refractivity contribution in [3.63, 3.8) is 0 Å². The zero-order valence-electron chi connectivity index (χ0n) is 12.8. The number of halogens is 2. The van der Waals surface area contributed by atoms with Crippen LogP contribution >= 0.6 is 15.9 Å². The van der Waals surface area contributed by atoms with Gasteiger partial charge in [0.25, 0.3) is 0 Å². The largest absolute Gasteiger partial charge is 0.351 e. The van der Waals surface area contributed by atoms with Gasteiger partial charge in [0.05, 0.1) is 0 Å². The Bertz CT molecular complexity index is 764.